The Balaban J connectivity index is 1.42. The van der Waals surface area contributed by atoms with E-state index in [1.54, 1.807) is 48.5 Å². The third kappa shape index (κ3) is 6.07. The predicted molar refractivity (Wildman–Crippen MR) is 140 cm³/mol. The van der Waals surface area contributed by atoms with E-state index in [-0.39, 0.29) is 18.1 Å². The van der Waals surface area contributed by atoms with Gasteiger partial charge in [0.05, 0.1) is 22.0 Å². The van der Waals surface area contributed by atoms with E-state index in [0.29, 0.717) is 29.2 Å². The first-order chi connectivity index (χ1) is 17.4. The van der Waals surface area contributed by atoms with Gasteiger partial charge in [-0.25, -0.2) is 0 Å². The summed E-state index contributed by atoms with van der Waals surface area (Å²) in [5.74, 6) is 3.91. The fraction of sp³-hybridized carbons (Fsp3) is 0.259. The van der Waals surface area contributed by atoms with Crippen LogP contribution in [0.4, 0.5) is 18.9 Å². The fourth-order valence-corrected chi connectivity index (χ4v) is 7.26. The van der Waals surface area contributed by atoms with E-state index < -0.39 is 31.4 Å². The van der Waals surface area contributed by atoms with Gasteiger partial charge in [0, 0.05) is 30.8 Å². The summed E-state index contributed by atoms with van der Waals surface area (Å²) in [5.41, 5.74) is 2.17. The molecule has 0 bridgehead atoms. The average Bonchev–Trinajstić information content (AvgIpc) is 3.66. The van der Waals surface area contributed by atoms with Crippen LogP contribution < -0.4 is 10.1 Å². The summed E-state index contributed by atoms with van der Waals surface area (Å²) >= 11 is 0. The zero-order valence-corrected chi connectivity index (χ0v) is 21.7. The maximum Gasteiger partial charge on any atom is 0.573 e. The van der Waals surface area contributed by atoms with Crippen LogP contribution in [-0.4, -0.2) is 32.3 Å². The Morgan fingerprint density at radius 1 is 1.03 bits per heavy atom. The summed E-state index contributed by atoms with van der Waals surface area (Å²) in [7, 11) is -3.92. The summed E-state index contributed by atoms with van der Waals surface area (Å²) in [6.45, 7) is 1.84. The molecular formula is C27H26F3NO4S2. The van der Waals surface area contributed by atoms with E-state index >= 15 is 0 Å². The van der Waals surface area contributed by atoms with Crippen LogP contribution in [0.15, 0.2) is 82.6 Å². The molecule has 3 aromatic rings. The minimum absolute atomic E-state index is 0.158. The molecule has 1 fully saturated rings. The number of anilines is 1. The van der Waals surface area contributed by atoms with Crippen LogP contribution in [-0.2, 0) is 36.3 Å². The topological polar surface area (TPSA) is 72.5 Å². The van der Waals surface area contributed by atoms with E-state index in [1.807, 2.05) is 6.92 Å². The lowest BCUT2D eigenvalue weighted by Gasteiger charge is -2.22. The van der Waals surface area contributed by atoms with Gasteiger partial charge in [0.15, 0.2) is 0 Å². The normalized spacial score (nSPS) is 16.9. The molecule has 2 atom stereocenters. The van der Waals surface area contributed by atoms with E-state index in [2.05, 4.69) is 15.9 Å². The number of ether oxygens (including phenoxy) is 1. The van der Waals surface area contributed by atoms with Gasteiger partial charge in [0.25, 0.3) is 0 Å². The highest BCUT2D eigenvalue weighted by molar-refractivity contribution is 8.01. The van der Waals surface area contributed by atoms with Crippen molar-refractivity contribution in [2.24, 2.45) is 0 Å². The van der Waals surface area contributed by atoms with Gasteiger partial charge in [-0.1, -0.05) is 31.2 Å². The van der Waals surface area contributed by atoms with Gasteiger partial charge < -0.3 is 10.1 Å². The molecule has 1 N–H and O–H groups in total. The van der Waals surface area contributed by atoms with Gasteiger partial charge in [-0.2, -0.15) is 0 Å². The monoisotopic (exact) mass is 549 g/mol. The van der Waals surface area contributed by atoms with Crippen molar-refractivity contribution in [3.63, 3.8) is 0 Å². The standard InChI is InChI=1S/C27H26F3NO4S2/c1-3-36(33)23-12-4-19(5-13-23)18-25(32)31-21-8-6-20(7-9-21)26(16-17-26)37(2,34)24-14-10-22(11-15-24)35-27(28,29)30/h4-15H,2-3,16-18H2,1H3,(H,31,32). The van der Waals surface area contributed by atoms with Crippen molar-refractivity contribution < 1.29 is 31.1 Å². The first-order valence-electron chi connectivity index (χ1n) is 11.5. The summed E-state index contributed by atoms with van der Waals surface area (Å²) < 4.78 is 66.1. The molecule has 0 radical (unpaired) electrons. The van der Waals surface area contributed by atoms with Gasteiger partial charge in [-0.3, -0.25) is 13.2 Å². The molecule has 0 aliphatic heterocycles. The van der Waals surface area contributed by atoms with Gasteiger partial charge in [-0.15, -0.1) is 13.2 Å². The lowest BCUT2D eigenvalue weighted by molar-refractivity contribution is -0.274. The van der Waals surface area contributed by atoms with Crippen molar-refractivity contribution in [1.29, 1.82) is 0 Å². The molecule has 1 aliphatic carbocycles. The van der Waals surface area contributed by atoms with Crippen molar-refractivity contribution in [2.45, 2.75) is 47.1 Å². The number of nitrogens with one attached hydrogen (secondary N) is 1. The van der Waals surface area contributed by atoms with Crippen LogP contribution >= 0.6 is 0 Å². The Kier molecular flexibility index (Phi) is 7.52. The van der Waals surface area contributed by atoms with Crippen LogP contribution in [0.25, 0.3) is 0 Å². The minimum atomic E-state index is -4.80. The molecule has 3 aromatic carbocycles. The van der Waals surface area contributed by atoms with Crippen LogP contribution in [0.5, 0.6) is 5.75 Å². The predicted octanol–water partition coefficient (Wildman–Crippen LogP) is 5.66. The molecule has 5 nitrogen and oxygen atoms in total. The lowest BCUT2D eigenvalue weighted by atomic mass is 10.1. The number of benzene rings is 3. The van der Waals surface area contributed by atoms with E-state index in [0.717, 1.165) is 28.2 Å². The lowest BCUT2D eigenvalue weighted by Crippen LogP contribution is -2.21. The van der Waals surface area contributed by atoms with Crippen molar-refractivity contribution in [3.8, 4) is 5.75 Å². The number of carbonyl (C=O) groups excluding carboxylic acids is 1. The largest absolute Gasteiger partial charge is 0.573 e. The molecule has 0 heterocycles. The second-order valence-corrected chi connectivity index (χ2v) is 13.1. The van der Waals surface area contributed by atoms with Crippen molar-refractivity contribution in [3.05, 3.63) is 83.9 Å². The molecule has 0 aromatic heterocycles. The van der Waals surface area contributed by atoms with Gasteiger partial charge in [-0.05, 0) is 78.4 Å². The van der Waals surface area contributed by atoms with Gasteiger partial charge in [0.2, 0.25) is 5.91 Å². The van der Waals surface area contributed by atoms with Crippen molar-refractivity contribution in [2.75, 3.05) is 11.1 Å². The Labute approximate surface area is 216 Å². The molecule has 1 saturated carbocycles. The second-order valence-electron chi connectivity index (χ2n) is 8.77. The molecule has 1 aliphatic rings. The third-order valence-corrected chi connectivity index (χ3v) is 10.5. The Morgan fingerprint density at radius 2 is 1.62 bits per heavy atom. The van der Waals surface area contributed by atoms with Gasteiger partial charge in [0.1, 0.15) is 5.75 Å². The number of amides is 1. The molecule has 0 spiro atoms. The number of hydrogen-bond acceptors (Lipinski definition) is 4. The van der Waals surface area contributed by atoms with E-state index in [4.69, 9.17) is 0 Å². The minimum Gasteiger partial charge on any atom is -0.406 e. The van der Waals surface area contributed by atoms with E-state index in [1.165, 1.54) is 12.1 Å². The van der Waals surface area contributed by atoms with Crippen LogP contribution in [0, 0.1) is 0 Å². The van der Waals surface area contributed by atoms with Crippen LogP contribution in [0.2, 0.25) is 0 Å². The van der Waals surface area contributed by atoms with Crippen LogP contribution in [0.1, 0.15) is 30.9 Å². The number of rotatable bonds is 9. The molecule has 10 heteroatoms. The number of hydrogen-bond donors (Lipinski definition) is 1. The number of alkyl halides is 3. The zero-order chi connectivity index (χ0) is 26.8. The smallest absolute Gasteiger partial charge is 0.406 e. The third-order valence-electron chi connectivity index (χ3n) is 6.28. The SMILES string of the molecule is C=S(=O)(c1ccc(OC(F)(F)F)cc1)C1(c2ccc(NC(=O)Cc3ccc(S(=O)CC)cc3)cc2)CC1. The first-order valence-corrected chi connectivity index (χ1v) is 14.6. The molecule has 37 heavy (non-hydrogen) atoms. The zero-order valence-electron chi connectivity index (χ0n) is 20.0. The summed E-state index contributed by atoms with van der Waals surface area (Å²) in [6.07, 6.45) is -3.39. The highest BCUT2D eigenvalue weighted by Crippen LogP contribution is 2.55. The molecule has 196 valence electrons. The molecule has 4 rings (SSSR count). The maximum atomic E-state index is 13.8. The summed E-state index contributed by atoms with van der Waals surface area (Å²) in [6, 6.07) is 19.1. The fourth-order valence-electron chi connectivity index (χ4n) is 4.18. The Morgan fingerprint density at radius 3 is 2.14 bits per heavy atom. The average molecular weight is 550 g/mol. The van der Waals surface area contributed by atoms with Crippen molar-refractivity contribution >= 4 is 37.8 Å². The second kappa shape index (κ2) is 10.3. The highest BCUT2D eigenvalue weighted by atomic mass is 32.2. The number of halogens is 3. The molecule has 1 amide bonds. The summed E-state index contributed by atoms with van der Waals surface area (Å²) in [4.78, 5) is 13.6. The summed E-state index contributed by atoms with van der Waals surface area (Å²) in [5, 5.41) is 2.84. The van der Waals surface area contributed by atoms with Crippen molar-refractivity contribution in [1.82, 2.24) is 0 Å². The first kappa shape index (κ1) is 26.9. The molecule has 2 unspecified atom stereocenters. The van der Waals surface area contributed by atoms with Crippen LogP contribution in [0.3, 0.4) is 0 Å². The van der Waals surface area contributed by atoms with Gasteiger partial charge >= 0.3 is 6.36 Å². The highest BCUT2D eigenvalue weighted by Gasteiger charge is 2.52. The number of carbonyl (C=O) groups is 1. The Bertz CT molecular complexity index is 1400. The molecule has 0 saturated heterocycles. The Hall–Kier alpha value is -3.11. The maximum absolute atomic E-state index is 13.8. The molecular weight excluding hydrogens is 523 g/mol. The quantitative estimate of drug-likeness (QED) is 0.350. The van der Waals surface area contributed by atoms with E-state index in [9.17, 15) is 26.4 Å².